The molecule has 0 aliphatic carbocycles. The van der Waals surface area contributed by atoms with Crippen molar-refractivity contribution in [2.75, 3.05) is 6.61 Å². The Labute approximate surface area is 93.4 Å². The maximum atomic E-state index is 11.7. The fourth-order valence-corrected chi connectivity index (χ4v) is 1.94. The van der Waals surface area contributed by atoms with Crippen molar-refractivity contribution in [1.82, 2.24) is 10.3 Å². The van der Waals surface area contributed by atoms with Crippen LogP contribution in [-0.4, -0.2) is 28.6 Å². The fraction of sp³-hybridized carbons (Fsp3) is 0.600. The summed E-state index contributed by atoms with van der Waals surface area (Å²) in [4.78, 5) is 16.3. The van der Waals surface area contributed by atoms with Crippen LogP contribution in [-0.2, 0) is 0 Å². The molecule has 0 fully saturated rings. The van der Waals surface area contributed by atoms with Crippen LogP contribution >= 0.6 is 11.3 Å². The molecule has 0 spiro atoms. The number of nitrogens with one attached hydrogen (secondary N) is 1. The van der Waals surface area contributed by atoms with Gasteiger partial charge >= 0.3 is 0 Å². The molecule has 5 heteroatoms. The Kier molecular flexibility index (Phi) is 4.71. The standard InChI is InChI=1S/C10H16N2O2S/c1-3-8(4-5-13)12-10(14)9-6-11-7(2)15-9/h6,8,13H,3-5H2,1-2H3,(H,12,14). The lowest BCUT2D eigenvalue weighted by molar-refractivity contribution is 0.0933. The second kappa shape index (κ2) is 5.82. The Morgan fingerprint density at radius 1 is 1.73 bits per heavy atom. The minimum absolute atomic E-state index is 0.0462. The summed E-state index contributed by atoms with van der Waals surface area (Å²) >= 11 is 1.38. The summed E-state index contributed by atoms with van der Waals surface area (Å²) in [6.45, 7) is 3.95. The topological polar surface area (TPSA) is 62.2 Å². The summed E-state index contributed by atoms with van der Waals surface area (Å²) in [5.74, 6) is -0.0964. The molecule has 0 aliphatic heterocycles. The highest BCUT2D eigenvalue weighted by Gasteiger charge is 2.13. The van der Waals surface area contributed by atoms with E-state index in [1.54, 1.807) is 6.20 Å². The summed E-state index contributed by atoms with van der Waals surface area (Å²) < 4.78 is 0. The van der Waals surface area contributed by atoms with E-state index in [2.05, 4.69) is 10.3 Å². The van der Waals surface area contributed by atoms with Gasteiger partial charge in [-0.3, -0.25) is 4.79 Å². The smallest absolute Gasteiger partial charge is 0.263 e. The van der Waals surface area contributed by atoms with Crippen LogP contribution in [0.5, 0.6) is 0 Å². The average Bonchev–Trinajstić information content (AvgIpc) is 2.64. The zero-order valence-electron chi connectivity index (χ0n) is 8.99. The molecule has 0 saturated heterocycles. The first kappa shape index (κ1) is 12.1. The molecule has 1 aromatic rings. The number of thiazole rings is 1. The third-order valence-electron chi connectivity index (χ3n) is 2.15. The van der Waals surface area contributed by atoms with Gasteiger partial charge < -0.3 is 10.4 Å². The van der Waals surface area contributed by atoms with Crippen LogP contribution in [0.2, 0.25) is 0 Å². The Hall–Kier alpha value is -0.940. The average molecular weight is 228 g/mol. The van der Waals surface area contributed by atoms with E-state index in [1.807, 2.05) is 13.8 Å². The van der Waals surface area contributed by atoms with E-state index in [-0.39, 0.29) is 18.6 Å². The molecule has 0 saturated carbocycles. The van der Waals surface area contributed by atoms with Gasteiger partial charge in [0.15, 0.2) is 0 Å². The maximum absolute atomic E-state index is 11.7. The number of aryl methyl sites for hydroxylation is 1. The molecule has 1 amide bonds. The highest BCUT2D eigenvalue weighted by Crippen LogP contribution is 2.11. The normalized spacial score (nSPS) is 12.5. The van der Waals surface area contributed by atoms with E-state index in [9.17, 15) is 4.79 Å². The van der Waals surface area contributed by atoms with Gasteiger partial charge in [0.05, 0.1) is 11.2 Å². The number of hydrogen-bond donors (Lipinski definition) is 2. The predicted octanol–water partition coefficient (Wildman–Crippen LogP) is 1.34. The maximum Gasteiger partial charge on any atom is 0.263 e. The molecule has 0 aliphatic rings. The number of rotatable bonds is 5. The number of carbonyl (C=O) groups excluding carboxylic acids is 1. The van der Waals surface area contributed by atoms with Crippen LogP contribution in [0.4, 0.5) is 0 Å². The zero-order chi connectivity index (χ0) is 11.3. The number of hydrogen-bond acceptors (Lipinski definition) is 4. The van der Waals surface area contributed by atoms with E-state index >= 15 is 0 Å². The Morgan fingerprint density at radius 2 is 2.47 bits per heavy atom. The second-order valence-electron chi connectivity index (χ2n) is 3.33. The van der Waals surface area contributed by atoms with Crippen molar-refractivity contribution in [3.05, 3.63) is 16.1 Å². The number of aromatic nitrogens is 1. The molecular formula is C10H16N2O2S. The molecular weight excluding hydrogens is 212 g/mol. The fourth-order valence-electron chi connectivity index (χ4n) is 1.26. The molecule has 0 bridgehead atoms. The molecule has 1 unspecified atom stereocenters. The first-order chi connectivity index (χ1) is 7.17. The van der Waals surface area contributed by atoms with Gasteiger partial charge in [0.25, 0.3) is 5.91 Å². The lowest BCUT2D eigenvalue weighted by Gasteiger charge is -2.14. The SMILES string of the molecule is CCC(CCO)NC(=O)c1cnc(C)s1. The van der Waals surface area contributed by atoms with Gasteiger partial charge in [-0.1, -0.05) is 6.92 Å². The summed E-state index contributed by atoms with van der Waals surface area (Å²) in [6, 6.07) is 0.0462. The molecule has 0 radical (unpaired) electrons. The lowest BCUT2D eigenvalue weighted by atomic mass is 10.1. The van der Waals surface area contributed by atoms with Gasteiger partial charge in [-0.05, 0) is 19.8 Å². The third-order valence-corrected chi connectivity index (χ3v) is 3.06. The van der Waals surface area contributed by atoms with Crippen molar-refractivity contribution in [3.63, 3.8) is 0 Å². The molecule has 1 heterocycles. The zero-order valence-corrected chi connectivity index (χ0v) is 9.80. The van der Waals surface area contributed by atoms with Gasteiger partial charge in [-0.2, -0.15) is 0 Å². The van der Waals surface area contributed by atoms with Crippen LogP contribution in [0.15, 0.2) is 6.20 Å². The van der Waals surface area contributed by atoms with E-state index in [0.717, 1.165) is 11.4 Å². The summed E-state index contributed by atoms with van der Waals surface area (Å²) in [6.07, 6.45) is 3.01. The monoisotopic (exact) mass is 228 g/mol. The van der Waals surface area contributed by atoms with Crippen molar-refractivity contribution in [1.29, 1.82) is 0 Å². The van der Waals surface area contributed by atoms with Crippen molar-refractivity contribution in [3.8, 4) is 0 Å². The van der Waals surface area contributed by atoms with Crippen LogP contribution in [0.25, 0.3) is 0 Å². The van der Waals surface area contributed by atoms with Crippen LogP contribution < -0.4 is 5.32 Å². The van der Waals surface area contributed by atoms with Gasteiger partial charge in [0.2, 0.25) is 0 Å². The highest BCUT2D eigenvalue weighted by molar-refractivity contribution is 7.13. The molecule has 1 rings (SSSR count). The minimum Gasteiger partial charge on any atom is -0.396 e. The van der Waals surface area contributed by atoms with Crippen LogP contribution in [0.3, 0.4) is 0 Å². The number of nitrogens with zero attached hydrogens (tertiary/aromatic N) is 1. The van der Waals surface area contributed by atoms with E-state index in [1.165, 1.54) is 11.3 Å². The van der Waals surface area contributed by atoms with Crippen LogP contribution in [0, 0.1) is 6.92 Å². The van der Waals surface area contributed by atoms with E-state index in [4.69, 9.17) is 5.11 Å². The van der Waals surface area contributed by atoms with Gasteiger partial charge in [-0.15, -0.1) is 11.3 Å². The first-order valence-corrected chi connectivity index (χ1v) is 5.83. The number of aliphatic hydroxyl groups excluding tert-OH is 1. The molecule has 0 aromatic carbocycles. The predicted molar refractivity (Wildman–Crippen MR) is 60.1 cm³/mol. The van der Waals surface area contributed by atoms with Crippen molar-refractivity contribution >= 4 is 17.2 Å². The quantitative estimate of drug-likeness (QED) is 0.799. The van der Waals surface area contributed by atoms with E-state index in [0.29, 0.717) is 11.3 Å². The minimum atomic E-state index is -0.0964. The molecule has 84 valence electrons. The van der Waals surface area contributed by atoms with Crippen LogP contribution in [0.1, 0.15) is 34.4 Å². The Bertz CT molecular complexity index is 325. The number of aliphatic hydroxyl groups is 1. The van der Waals surface area contributed by atoms with Crippen molar-refractivity contribution in [2.45, 2.75) is 32.7 Å². The molecule has 4 nitrogen and oxygen atoms in total. The second-order valence-corrected chi connectivity index (χ2v) is 4.57. The summed E-state index contributed by atoms with van der Waals surface area (Å²) in [7, 11) is 0. The number of amides is 1. The molecule has 2 N–H and O–H groups in total. The van der Waals surface area contributed by atoms with Gasteiger partial charge in [-0.25, -0.2) is 4.98 Å². The summed E-state index contributed by atoms with van der Waals surface area (Å²) in [5, 5.41) is 12.5. The highest BCUT2D eigenvalue weighted by atomic mass is 32.1. The molecule has 1 atom stereocenters. The van der Waals surface area contributed by atoms with Gasteiger partial charge in [0, 0.05) is 12.6 Å². The Balaban J connectivity index is 2.54. The molecule has 1 aromatic heterocycles. The van der Waals surface area contributed by atoms with E-state index < -0.39 is 0 Å². The lowest BCUT2D eigenvalue weighted by Crippen LogP contribution is -2.34. The first-order valence-electron chi connectivity index (χ1n) is 5.01. The third kappa shape index (κ3) is 3.60. The summed E-state index contributed by atoms with van der Waals surface area (Å²) in [5.41, 5.74) is 0. The largest absolute Gasteiger partial charge is 0.396 e. The van der Waals surface area contributed by atoms with Crippen molar-refractivity contribution < 1.29 is 9.90 Å². The number of carbonyl (C=O) groups is 1. The Morgan fingerprint density at radius 3 is 2.93 bits per heavy atom. The van der Waals surface area contributed by atoms with Crippen molar-refractivity contribution in [2.24, 2.45) is 0 Å². The molecule has 15 heavy (non-hydrogen) atoms. The van der Waals surface area contributed by atoms with Gasteiger partial charge in [0.1, 0.15) is 4.88 Å².